The van der Waals surface area contributed by atoms with Crippen LogP contribution < -0.4 is 5.32 Å². The number of hydrogen-bond donors (Lipinski definition) is 1. The Bertz CT molecular complexity index is 419. The SMILES string of the molecule is c1cc(-c2noc3c2CCN3)cs1. The molecule has 0 unspecified atom stereocenters. The van der Waals surface area contributed by atoms with Gasteiger partial charge in [-0.1, -0.05) is 5.16 Å². The molecule has 3 nitrogen and oxygen atoms in total. The highest BCUT2D eigenvalue weighted by atomic mass is 32.1. The highest BCUT2D eigenvalue weighted by Crippen LogP contribution is 2.33. The van der Waals surface area contributed by atoms with E-state index in [0.717, 1.165) is 24.5 Å². The fourth-order valence-electron chi connectivity index (χ4n) is 1.61. The van der Waals surface area contributed by atoms with Gasteiger partial charge in [-0.05, 0) is 17.9 Å². The quantitative estimate of drug-likeness (QED) is 0.753. The second-order valence-corrected chi connectivity index (χ2v) is 3.81. The van der Waals surface area contributed by atoms with Gasteiger partial charge in [-0.2, -0.15) is 11.3 Å². The lowest BCUT2D eigenvalue weighted by Crippen LogP contribution is -1.92. The Morgan fingerprint density at radius 3 is 3.38 bits per heavy atom. The van der Waals surface area contributed by atoms with E-state index in [2.05, 4.69) is 27.3 Å². The second kappa shape index (κ2) is 2.60. The van der Waals surface area contributed by atoms with E-state index in [9.17, 15) is 0 Å². The maximum absolute atomic E-state index is 5.17. The predicted molar refractivity (Wildman–Crippen MR) is 52.0 cm³/mol. The van der Waals surface area contributed by atoms with Crippen LogP contribution in [0.15, 0.2) is 21.3 Å². The van der Waals surface area contributed by atoms with Crippen molar-refractivity contribution in [3.05, 3.63) is 22.4 Å². The van der Waals surface area contributed by atoms with E-state index >= 15 is 0 Å². The minimum Gasteiger partial charge on any atom is -0.353 e. The summed E-state index contributed by atoms with van der Waals surface area (Å²) >= 11 is 1.68. The summed E-state index contributed by atoms with van der Waals surface area (Å²) in [7, 11) is 0. The Hall–Kier alpha value is -1.29. The molecular formula is C9H8N2OS. The number of hydrogen-bond acceptors (Lipinski definition) is 4. The minimum atomic E-state index is 0.848. The zero-order valence-electron chi connectivity index (χ0n) is 6.91. The maximum Gasteiger partial charge on any atom is 0.228 e. The summed E-state index contributed by atoms with van der Waals surface area (Å²) in [4.78, 5) is 0. The van der Waals surface area contributed by atoms with Crippen LogP contribution in [0, 0.1) is 0 Å². The Labute approximate surface area is 79.4 Å². The molecule has 3 rings (SSSR count). The van der Waals surface area contributed by atoms with Gasteiger partial charge in [0.05, 0.1) is 0 Å². The number of anilines is 1. The molecule has 0 bridgehead atoms. The molecule has 0 atom stereocenters. The van der Waals surface area contributed by atoms with E-state index in [1.807, 2.05) is 0 Å². The Balaban J connectivity index is 2.16. The van der Waals surface area contributed by atoms with Crippen molar-refractivity contribution in [1.29, 1.82) is 0 Å². The van der Waals surface area contributed by atoms with Crippen LogP contribution >= 0.6 is 11.3 Å². The van der Waals surface area contributed by atoms with Crippen LogP contribution in [0.4, 0.5) is 5.88 Å². The van der Waals surface area contributed by atoms with Crippen molar-refractivity contribution < 1.29 is 4.52 Å². The average molecular weight is 192 g/mol. The van der Waals surface area contributed by atoms with Crippen molar-refractivity contribution in [3.8, 4) is 11.3 Å². The van der Waals surface area contributed by atoms with Gasteiger partial charge < -0.3 is 9.84 Å². The van der Waals surface area contributed by atoms with Gasteiger partial charge in [0.2, 0.25) is 5.88 Å². The standard InChI is InChI=1S/C9H8N2OS/c1-3-10-9-7(1)8(11-12-9)6-2-4-13-5-6/h2,4-5,10H,1,3H2. The van der Waals surface area contributed by atoms with Crippen LogP contribution in [0.2, 0.25) is 0 Å². The molecule has 2 aromatic rings. The second-order valence-electron chi connectivity index (χ2n) is 3.03. The Kier molecular flexibility index (Phi) is 1.43. The van der Waals surface area contributed by atoms with E-state index in [1.54, 1.807) is 11.3 Å². The maximum atomic E-state index is 5.17. The summed E-state index contributed by atoms with van der Waals surface area (Å²) in [6.07, 6.45) is 1.02. The molecule has 0 saturated heterocycles. The number of fused-ring (bicyclic) bond motifs is 1. The third kappa shape index (κ3) is 0.986. The van der Waals surface area contributed by atoms with Crippen LogP contribution in [-0.2, 0) is 6.42 Å². The topological polar surface area (TPSA) is 38.1 Å². The van der Waals surface area contributed by atoms with E-state index in [1.165, 1.54) is 11.1 Å². The summed E-state index contributed by atoms with van der Waals surface area (Å²) in [5, 5.41) is 11.4. The summed E-state index contributed by atoms with van der Waals surface area (Å²) < 4.78 is 5.17. The number of nitrogens with zero attached hydrogens (tertiary/aromatic N) is 1. The molecule has 0 aromatic carbocycles. The molecule has 2 aromatic heterocycles. The molecule has 3 heterocycles. The molecule has 1 aliphatic rings. The van der Waals surface area contributed by atoms with Crippen molar-refractivity contribution >= 4 is 17.2 Å². The van der Waals surface area contributed by atoms with E-state index in [0.29, 0.717) is 0 Å². The Morgan fingerprint density at radius 2 is 2.54 bits per heavy atom. The van der Waals surface area contributed by atoms with Crippen molar-refractivity contribution in [2.24, 2.45) is 0 Å². The molecule has 0 radical (unpaired) electrons. The highest BCUT2D eigenvalue weighted by molar-refractivity contribution is 7.08. The van der Waals surface area contributed by atoms with Crippen molar-refractivity contribution in [3.63, 3.8) is 0 Å². The molecule has 13 heavy (non-hydrogen) atoms. The predicted octanol–water partition coefficient (Wildman–Crippen LogP) is 2.37. The first kappa shape index (κ1) is 7.15. The Morgan fingerprint density at radius 1 is 1.54 bits per heavy atom. The lowest BCUT2D eigenvalue weighted by Gasteiger charge is -1.90. The molecule has 1 aliphatic heterocycles. The fraction of sp³-hybridized carbons (Fsp3) is 0.222. The smallest absolute Gasteiger partial charge is 0.228 e. The first-order valence-corrected chi connectivity index (χ1v) is 5.14. The molecule has 0 spiro atoms. The minimum absolute atomic E-state index is 0.848. The number of rotatable bonds is 1. The van der Waals surface area contributed by atoms with Gasteiger partial charge >= 0.3 is 0 Å². The largest absolute Gasteiger partial charge is 0.353 e. The first-order chi connectivity index (χ1) is 6.45. The fourth-order valence-corrected chi connectivity index (χ4v) is 2.25. The zero-order valence-corrected chi connectivity index (χ0v) is 7.73. The summed E-state index contributed by atoms with van der Waals surface area (Å²) in [6, 6.07) is 2.07. The number of aromatic nitrogens is 1. The molecule has 0 saturated carbocycles. The molecule has 0 aliphatic carbocycles. The summed E-state index contributed by atoms with van der Waals surface area (Å²) in [5.74, 6) is 0.848. The zero-order chi connectivity index (χ0) is 8.67. The van der Waals surface area contributed by atoms with Gasteiger partial charge in [-0.25, -0.2) is 0 Å². The average Bonchev–Trinajstić information content (AvgIpc) is 2.79. The molecule has 0 amide bonds. The van der Waals surface area contributed by atoms with Gasteiger partial charge in [0, 0.05) is 23.1 Å². The highest BCUT2D eigenvalue weighted by Gasteiger charge is 2.21. The molecule has 4 heteroatoms. The number of nitrogens with one attached hydrogen (secondary N) is 1. The van der Waals surface area contributed by atoms with Crippen LogP contribution in [0.5, 0.6) is 0 Å². The van der Waals surface area contributed by atoms with E-state index < -0.39 is 0 Å². The van der Waals surface area contributed by atoms with E-state index in [4.69, 9.17) is 4.52 Å². The third-order valence-electron chi connectivity index (χ3n) is 2.24. The third-order valence-corrected chi connectivity index (χ3v) is 2.93. The van der Waals surface area contributed by atoms with Gasteiger partial charge in [0.15, 0.2) is 0 Å². The van der Waals surface area contributed by atoms with Crippen molar-refractivity contribution in [1.82, 2.24) is 5.16 Å². The van der Waals surface area contributed by atoms with Crippen LogP contribution in [-0.4, -0.2) is 11.7 Å². The van der Waals surface area contributed by atoms with Gasteiger partial charge in [0.25, 0.3) is 0 Å². The molecule has 66 valence electrons. The van der Waals surface area contributed by atoms with Crippen LogP contribution in [0.3, 0.4) is 0 Å². The van der Waals surface area contributed by atoms with Crippen molar-refractivity contribution in [2.75, 3.05) is 11.9 Å². The van der Waals surface area contributed by atoms with Crippen LogP contribution in [0.1, 0.15) is 5.56 Å². The lowest BCUT2D eigenvalue weighted by molar-refractivity contribution is 0.436. The lowest BCUT2D eigenvalue weighted by atomic mass is 10.1. The summed E-state index contributed by atoms with van der Waals surface area (Å²) in [6.45, 7) is 0.966. The molecule has 0 fully saturated rings. The molecule has 1 N–H and O–H groups in total. The van der Waals surface area contributed by atoms with Crippen LogP contribution in [0.25, 0.3) is 11.3 Å². The van der Waals surface area contributed by atoms with Gasteiger partial charge in [-0.15, -0.1) is 0 Å². The monoisotopic (exact) mass is 192 g/mol. The number of thiophene rings is 1. The van der Waals surface area contributed by atoms with Gasteiger partial charge in [0.1, 0.15) is 5.69 Å². The first-order valence-electron chi connectivity index (χ1n) is 4.20. The normalized spacial score (nSPS) is 14.2. The summed E-state index contributed by atoms with van der Waals surface area (Å²) in [5.41, 5.74) is 3.39. The van der Waals surface area contributed by atoms with E-state index in [-0.39, 0.29) is 0 Å². The molecular weight excluding hydrogens is 184 g/mol. The van der Waals surface area contributed by atoms with Crippen molar-refractivity contribution in [2.45, 2.75) is 6.42 Å². The van der Waals surface area contributed by atoms with Gasteiger partial charge in [-0.3, -0.25) is 0 Å².